The number of carbonyl (C=O) groups excluding carboxylic acids is 1. The van der Waals surface area contributed by atoms with Crippen molar-refractivity contribution < 1.29 is 17.9 Å². The zero-order chi connectivity index (χ0) is 22.3. The Morgan fingerprint density at radius 3 is 2.32 bits per heavy atom. The van der Waals surface area contributed by atoms with E-state index in [1.807, 2.05) is 31.2 Å². The van der Waals surface area contributed by atoms with Crippen LogP contribution in [0.1, 0.15) is 60.5 Å². The minimum Gasteiger partial charge on any atom is -0.377 e. The second-order valence-electron chi connectivity index (χ2n) is 7.93. The van der Waals surface area contributed by atoms with E-state index in [1.54, 1.807) is 19.2 Å². The molecule has 1 saturated carbocycles. The van der Waals surface area contributed by atoms with Crippen LogP contribution in [0.4, 0.5) is 0 Å². The Hall–Kier alpha value is -2.22. The van der Waals surface area contributed by atoms with E-state index >= 15 is 0 Å². The highest BCUT2D eigenvalue weighted by molar-refractivity contribution is 7.89. The van der Waals surface area contributed by atoms with Gasteiger partial charge >= 0.3 is 0 Å². The molecule has 168 valence electrons. The van der Waals surface area contributed by atoms with Crippen LogP contribution in [0, 0.1) is 0 Å². The van der Waals surface area contributed by atoms with E-state index in [1.165, 1.54) is 22.9 Å². The summed E-state index contributed by atoms with van der Waals surface area (Å²) < 4.78 is 32.9. The molecule has 1 fully saturated rings. The van der Waals surface area contributed by atoms with E-state index in [2.05, 4.69) is 5.32 Å². The fourth-order valence-corrected chi connectivity index (χ4v) is 5.36. The van der Waals surface area contributed by atoms with Crippen molar-refractivity contribution in [2.45, 2.75) is 63.1 Å². The van der Waals surface area contributed by atoms with Gasteiger partial charge in [0.15, 0.2) is 0 Å². The summed E-state index contributed by atoms with van der Waals surface area (Å²) in [7, 11) is -1.90. The number of carbonyl (C=O) groups is 1. The summed E-state index contributed by atoms with van der Waals surface area (Å²) in [6.07, 6.45) is 5.11. The number of benzene rings is 2. The molecule has 0 unspecified atom stereocenters. The van der Waals surface area contributed by atoms with Crippen LogP contribution in [0.5, 0.6) is 0 Å². The molecule has 0 atom stereocenters. The van der Waals surface area contributed by atoms with E-state index in [9.17, 15) is 13.2 Å². The normalized spacial score (nSPS) is 15.2. The van der Waals surface area contributed by atoms with Crippen LogP contribution < -0.4 is 5.32 Å². The number of nitrogens with zero attached hydrogens (tertiary/aromatic N) is 1. The molecule has 0 heterocycles. The third-order valence-electron chi connectivity index (χ3n) is 5.90. The van der Waals surface area contributed by atoms with Crippen LogP contribution in [0.3, 0.4) is 0 Å². The van der Waals surface area contributed by atoms with Crippen LogP contribution in [0.2, 0.25) is 0 Å². The molecule has 3 rings (SSSR count). The minimum atomic E-state index is -3.56. The number of ether oxygens (including phenoxy) is 1. The number of hydrogen-bond acceptors (Lipinski definition) is 4. The molecule has 0 bridgehead atoms. The second-order valence-corrected chi connectivity index (χ2v) is 9.92. The van der Waals surface area contributed by atoms with Crippen LogP contribution in [-0.4, -0.2) is 38.3 Å². The molecular formula is C24H32N2O4S. The number of sulfonamides is 1. The van der Waals surface area contributed by atoms with Gasteiger partial charge in [0.1, 0.15) is 0 Å². The quantitative estimate of drug-likeness (QED) is 0.632. The lowest BCUT2D eigenvalue weighted by Gasteiger charge is -2.30. The summed E-state index contributed by atoms with van der Waals surface area (Å²) in [5, 5.41) is 2.91. The molecule has 2 aromatic carbocycles. The molecule has 0 radical (unpaired) electrons. The van der Waals surface area contributed by atoms with Crippen molar-refractivity contribution in [2.24, 2.45) is 0 Å². The Kier molecular flexibility index (Phi) is 8.23. The highest BCUT2D eigenvalue weighted by atomic mass is 32.2. The van der Waals surface area contributed by atoms with Crippen LogP contribution >= 0.6 is 0 Å². The minimum absolute atomic E-state index is 0.0541. The van der Waals surface area contributed by atoms with E-state index in [0.29, 0.717) is 25.3 Å². The van der Waals surface area contributed by atoms with Crippen molar-refractivity contribution in [1.29, 1.82) is 0 Å². The van der Waals surface area contributed by atoms with Gasteiger partial charge in [0.05, 0.1) is 11.5 Å². The molecule has 0 saturated heterocycles. The molecule has 1 amide bonds. The first-order valence-electron chi connectivity index (χ1n) is 10.9. The molecule has 1 aliphatic carbocycles. The number of amides is 1. The Bertz CT molecular complexity index is 967. The van der Waals surface area contributed by atoms with Crippen molar-refractivity contribution in [1.82, 2.24) is 9.62 Å². The molecule has 0 aromatic heterocycles. The van der Waals surface area contributed by atoms with Crippen LogP contribution in [0.15, 0.2) is 53.4 Å². The van der Waals surface area contributed by atoms with Gasteiger partial charge in [0.2, 0.25) is 10.0 Å². The molecule has 7 heteroatoms. The monoisotopic (exact) mass is 444 g/mol. The molecule has 1 aliphatic rings. The topological polar surface area (TPSA) is 75.7 Å². The molecular weight excluding hydrogens is 412 g/mol. The maximum absolute atomic E-state index is 13.0. The van der Waals surface area contributed by atoms with Crippen molar-refractivity contribution in [3.8, 4) is 0 Å². The predicted octanol–water partition coefficient (Wildman–Crippen LogP) is 4.11. The van der Waals surface area contributed by atoms with Gasteiger partial charge < -0.3 is 10.1 Å². The number of nitrogens with one attached hydrogen (secondary N) is 1. The average molecular weight is 445 g/mol. The molecule has 1 N–H and O–H groups in total. The van der Waals surface area contributed by atoms with Crippen molar-refractivity contribution >= 4 is 15.9 Å². The first kappa shape index (κ1) is 23.4. The lowest BCUT2D eigenvalue weighted by molar-refractivity contribution is 0.0949. The number of rotatable bonds is 9. The summed E-state index contributed by atoms with van der Waals surface area (Å²) in [6.45, 7) is 3.46. The van der Waals surface area contributed by atoms with E-state index in [-0.39, 0.29) is 16.8 Å². The lowest BCUT2D eigenvalue weighted by Crippen LogP contribution is -2.38. The van der Waals surface area contributed by atoms with Gasteiger partial charge in [0, 0.05) is 31.8 Å². The van der Waals surface area contributed by atoms with Crippen LogP contribution in [0.25, 0.3) is 0 Å². The van der Waals surface area contributed by atoms with Gasteiger partial charge in [-0.25, -0.2) is 8.42 Å². The molecule has 0 spiro atoms. The SMILES string of the molecule is CCOCc1ccccc1CNC(=O)c1ccc(S(=O)(=O)N(C)C2CCCCC2)cc1. The Labute approximate surface area is 185 Å². The van der Waals surface area contributed by atoms with E-state index < -0.39 is 10.0 Å². The average Bonchev–Trinajstić information content (AvgIpc) is 2.81. The van der Waals surface area contributed by atoms with E-state index in [4.69, 9.17) is 4.74 Å². The van der Waals surface area contributed by atoms with E-state index in [0.717, 1.165) is 36.8 Å². The maximum Gasteiger partial charge on any atom is 0.251 e. The van der Waals surface area contributed by atoms with Gasteiger partial charge in [0.25, 0.3) is 5.91 Å². The van der Waals surface area contributed by atoms with Gasteiger partial charge in [-0.15, -0.1) is 0 Å². The van der Waals surface area contributed by atoms with Crippen molar-refractivity contribution in [3.63, 3.8) is 0 Å². The highest BCUT2D eigenvalue weighted by Gasteiger charge is 2.29. The van der Waals surface area contributed by atoms with Gasteiger partial charge in [-0.3, -0.25) is 4.79 Å². The Morgan fingerprint density at radius 1 is 1.03 bits per heavy atom. The van der Waals surface area contributed by atoms with Crippen molar-refractivity contribution in [3.05, 3.63) is 65.2 Å². The Morgan fingerprint density at radius 2 is 1.68 bits per heavy atom. The standard InChI is InChI=1S/C24H32N2O4S/c1-3-30-18-21-10-8-7-9-20(21)17-25-24(27)19-13-15-23(16-14-19)31(28,29)26(2)22-11-5-4-6-12-22/h7-10,13-16,22H,3-6,11-12,17-18H2,1-2H3,(H,25,27). The Balaban J connectivity index is 1.64. The summed E-state index contributed by atoms with van der Waals surface area (Å²) in [6, 6.07) is 14.1. The fraction of sp³-hybridized carbons (Fsp3) is 0.458. The summed E-state index contributed by atoms with van der Waals surface area (Å²) in [5.41, 5.74) is 2.47. The second kappa shape index (κ2) is 10.9. The van der Waals surface area contributed by atoms with Gasteiger partial charge in [-0.2, -0.15) is 4.31 Å². The summed E-state index contributed by atoms with van der Waals surface area (Å²) >= 11 is 0. The van der Waals surface area contributed by atoms with Gasteiger partial charge in [-0.1, -0.05) is 43.5 Å². The predicted molar refractivity (Wildman–Crippen MR) is 121 cm³/mol. The summed E-state index contributed by atoms with van der Waals surface area (Å²) in [4.78, 5) is 12.8. The molecule has 0 aliphatic heterocycles. The molecule has 6 nitrogen and oxygen atoms in total. The maximum atomic E-state index is 13.0. The zero-order valence-electron chi connectivity index (χ0n) is 18.3. The lowest BCUT2D eigenvalue weighted by atomic mass is 9.96. The first-order valence-corrected chi connectivity index (χ1v) is 12.4. The zero-order valence-corrected chi connectivity index (χ0v) is 19.2. The third-order valence-corrected chi connectivity index (χ3v) is 7.83. The fourth-order valence-electron chi connectivity index (χ4n) is 3.95. The van der Waals surface area contributed by atoms with Crippen molar-refractivity contribution in [2.75, 3.05) is 13.7 Å². The largest absolute Gasteiger partial charge is 0.377 e. The summed E-state index contributed by atoms with van der Waals surface area (Å²) in [5.74, 6) is -0.240. The number of hydrogen-bond donors (Lipinski definition) is 1. The van der Waals surface area contributed by atoms with Gasteiger partial charge in [-0.05, 0) is 55.2 Å². The highest BCUT2D eigenvalue weighted by Crippen LogP contribution is 2.26. The smallest absolute Gasteiger partial charge is 0.251 e. The van der Waals surface area contributed by atoms with Crippen LogP contribution in [-0.2, 0) is 27.9 Å². The first-order chi connectivity index (χ1) is 14.9. The molecule has 2 aromatic rings. The molecule has 31 heavy (non-hydrogen) atoms. The third kappa shape index (κ3) is 5.93.